The van der Waals surface area contributed by atoms with E-state index in [9.17, 15) is 13.2 Å². The molecular weight excluding hydrogens is 396 g/mol. The Morgan fingerprint density at radius 3 is 2.50 bits per heavy atom. The van der Waals surface area contributed by atoms with Gasteiger partial charge in [0.15, 0.2) is 0 Å². The predicted molar refractivity (Wildman–Crippen MR) is 118 cm³/mol. The van der Waals surface area contributed by atoms with Gasteiger partial charge >= 0.3 is 0 Å². The fourth-order valence-electron chi connectivity index (χ4n) is 4.58. The van der Waals surface area contributed by atoms with Crippen LogP contribution in [-0.2, 0) is 16.4 Å². The molecule has 0 spiro atoms. The first-order chi connectivity index (χ1) is 14.5. The van der Waals surface area contributed by atoms with Crippen molar-refractivity contribution in [3.8, 4) is 0 Å². The summed E-state index contributed by atoms with van der Waals surface area (Å²) in [7, 11) is -3.59. The van der Waals surface area contributed by atoms with Crippen LogP contribution in [0.25, 0.3) is 0 Å². The van der Waals surface area contributed by atoms with Gasteiger partial charge in [0.25, 0.3) is 5.91 Å². The van der Waals surface area contributed by atoms with Crippen LogP contribution in [0.4, 0.5) is 0 Å². The van der Waals surface area contributed by atoms with Crippen molar-refractivity contribution in [2.24, 2.45) is 0 Å². The minimum atomic E-state index is -3.59. The fourth-order valence-corrected chi connectivity index (χ4v) is 6.12. The van der Waals surface area contributed by atoms with Crippen LogP contribution in [0.1, 0.15) is 71.6 Å². The Bertz CT molecular complexity index is 1020. The van der Waals surface area contributed by atoms with Gasteiger partial charge in [-0.25, -0.2) is 8.42 Å². The zero-order chi connectivity index (χ0) is 21.1. The number of rotatable bonds is 4. The maximum absolute atomic E-state index is 13.2. The molecule has 160 valence electrons. The Kier molecular flexibility index (Phi) is 6.25. The fraction of sp³-hybridized carbons (Fsp3) is 0.458. The van der Waals surface area contributed by atoms with Gasteiger partial charge in [0, 0.05) is 18.7 Å². The molecule has 6 heteroatoms. The minimum Gasteiger partial charge on any atom is -0.345 e. The number of carbonyl (C=O) groups is 1. The largest absolute Gasteiger partial charge is 0.345 e. The second kappa shape index (κ2) is 8.90. The third-order valence-electron chi connectivity index (χ3n) is 6.33. The molecule has 1 aliphatic heterocycles. The molecule has 0 saturated carbocycles. The summed E-state index contributed by atoms with van der Waals surface area (Å²) in [5, 5.41) is 3.15. The Morgan fingerprint density at radius 1 is 1.00 bits per heavy atom. The number of fused-ring (bicyclic) bond motifs is 1. The van der Waals surface area contributed by atoms with Crippen molar-refractivity contribution in [1.82, 2.24) is 9.62 Å². The van der Waals surface area contributed by atoms with Crippen molar-refractivity contribution < 1.29 is 13.2 Å². The van der Waals surface area contributed by atoms with E-state index in [2.05, 4.69) is 17.4 Å². The topological polar surface area (TPSA) is 66.5 Å². The van der Waals surface area contributed by atoms with Gasteiger partial charge in [-0.05, 0) is 67.9 Å². The van der Waals surface area contributed by atoms with Gasteiger partial charge in [-0.1, -0.05) is 43.2 Å². The summed E-state index contributed by atoms with van der Waals surface area (Å²) in [6.07, 6.45) is 6.87. The van der Waals surface area contributed by atoms with E-state index in [4.69, 9.17) is 0 Å². The van der Waals surface area contributed by atoms with E-state index in [0.717, 1.165) is 50.5 Å². The number of carbonyl (C=O) groups excluding carboxylic acids is 1. The Hall–Kier alpha value is -2.18. The van der Waals surface area contributed by atoms with Gasteiger partial charge in [0.1, 0.15) is 0 Å². The number of hydrogen-bond donors (Lipinski definition) is 1. The van der Waals surface area contributed by atoms with Crippen LogP contribution in [0, 0.1) is 6.92 Å². The minimum absolute atomic E-state index is 0.0345. The van der Waals surface area contributed by atoms with E-state index in [1.54, 1.807) is 22.5 Å². The number of sulfonamides is 1. The zero-order valence-corrected chi connectivity index (χ0v) is 18.4. The first-order valence-corrected chi connectivity index (χ1v) is 12.4. The number of hydrogen-bond acceptors (Lipinski definition) is 3. The molecule has 5 nitrogen and oxygen atoms in total. The summed E-state index contributed by atoms with van der Waals surface area (Å²) in [5.41, 5.74) is 3.67. The lowest BCUT2D eigenvalue weighted by molar-refractivity contribution is 0.0932. The standard InChI is InChI=1S/C24H30N2O3S/c1-18-13-14-20(30(28,29)26-15-6-2-3-7-16-26)17-22(18)24(27)25-23-12-8-10-19-9-4-5-11-21(19)23/h4-5,9,11,13-14,17,23H,2-3,6-8,10,12,15-16H2,1H3,(H,25,27)/t23-/m0/s1. The van der Waals surface area contributed by atoms with Crippen LogP contribution in [-0.4, -0.2) is 31.7 Å². The molecule has 2 aromatic rings. The lowest BCUT2D eigenvalue weighted by Crippen LogP contribution is -2.33. The molecular formula is C24H30N2O3S. The third-order valence-corrected chi connectivity index (χ3v) is 8.23. The van der Waals surface area contributed by atoms with Crippen LogP contribution < -0.4 is 5.32 Å². The average Bonchev–Trinajstić information content (AvgIpc) is 3.04. The highest BCUT2D eigenvalue weighted by atomic mass is 32.2. The lowest BCUT2D eigenvalue weighted by Gasteiger charge is -2.27. The van der Waals surface area contributed by atoms with E-state index >= 15 is 0 Å². The van der Waals surface area contributed by atoms with Crippen LogP contribution in [0.2, 0.25) is 0 Å². The molecule has 0 bridgehead atoms. The van der Waals surface area contributed by atoms with E-state index < -0.39 is 10.0 Å². The van der Waals surface area contributed by atoms with E-state index in [1.165, 1.54) is 11.1 Å². The Balaban J connectivity index is 1.58. The quantitative estimate of drug-likeness (QED) is 0.790. The second-order valence-electron chi connectivity index (χ2n) is 8.41. The van der Waals surface area contributed by atoms with Crippen molar-refractivity contribution in [1.29, 1.82) is 0 Å². The van der Waals surface area contributed by atoms with Gasteiger partial charge in [0.05, 0.1) is 10.9 Å². The molecule has 2 aliphatic rings. The van der Waals surface area contributed by atoms with Gasteiger partial charge < -0.3 is 5.32 Å². The molecule has 1 amide bonds. The molecule has 0 radical (unpaired) electrons. The zero-order valence-electron chi connectivity index (χ0n) is 17.6. The lowest BCUT2D eigenvalue weighted by atomic mass is 9.87. The van der Waals surface area contributed by atoms with E-state index in [1.807, 2.05) is 19.1 Å². The Labute approximate surface area is 179 Å². The van der Waals surface area contributed by atoms with Crippen LogP contribution in [0.15, 0.2) is 47.4 Å². The van der Waals surface area contributed by atoms with Crippen LogP contribution in [0.5, 0.6) is 0 Å². The SMILES string of the molecule is Cc1ccc(S(=O)(=O)N2CCCCCC2)cc1C(=O)N[C@H]1CCCc2ccccc21. The van der Waals surface area contributed by atoms with Crippen molar-refractivity contribution in [2.75, 3.05) is 13.1 Å². The molecule has 1 aliphatic carbocycles. The number of nitrogens with one attached hydrogen (secondary N) is 1. The molecule has 1 fully saturated rings. The van der Waals surface area contributed by atoms with Crippen LogP contribution in [0.3, 0.4) is 0 Å². The highest BCUT2D eigenvalue weighted by Crippen LogP contribution is 2.30. The molecule has 1 N–H and O–H groups in total. The maximum atomic E-state index is 13.2. The number of aryl methyl sites for hydroxylation is 2. The van der Waals surface area contributed by atoms with Crippen molar-refractivity contribution in [3.63, 3.8) is 0 Å². The second-order valence-corrected chi connectivity index (χ2v) is 10.4. The van der Waals surface area contributed by atoms with E-state index in [0.29, 0.717) is 18.7 Å². The van der Waals surface area contributed by atoms with Crippen molar-refractivity contribution in [2.45, 2.75) is 62.8 Å². The third kappa shape index (κ3) is 4.30. The molecule has 1 heterocycles. The summed E-state index contributed by atoms with van der Waals surface area (Å²) >= 11 is 0. The maximum Gasteiger partial charge on any atom is 0.252 e. The number of amides is 1. The molecule has 1 atom stereocenters. The van der Waals surface area contributed by atoms with E-state index in [-0.39, 0.29) is 16.8 Å². The number of benzene rings is 2. The molecule has 2 aromatic carbocycles. The summed E-state index contributed by atoms with van der Waals surface area (Å²) in [6, 6.07) is 13.1. The predicted octanol–water partition coefficient (Wildman–Crippen LogP) is 4.37. The van der Waals surface area contributed by atoms with Crippen molar-refractivity contribution >= 4 is 15.9 Å². The number of nitrogens with zero attached hydrogens (tertiary/aromatic N) is 1. The summed E-state index contributed by atoms with van der Waals surface area (Å²) in [6.45, 7) is 2.96. The monoisotopic (exact) mass is 426 g/mol. The average molecular weight is 427 g/mol. The van der Waals surface area contributed by atoms with Gasteiger partial charge in [-0.3, -0.25) is 4.79 Å². The first-order valence-electron chi connectivity index (χ1n) is 11.0. The molecule has 4 rings (SSSR count). The van der Waals surface area contributed by atoms with Gasteiger partial charge in [-0.2, -0.15) is 4.31 Å². The van der Waals surface area contributed by atoms with Gasteiger partial charge in [0.2, 0.25) is 10.0 Å². The molecule has 0 aromatic heterocycles. The molecule has 30 heavy (non-hydrogen) atoms. The van der Waals surface area contributed by atoms with Crippen LogP contribution >= 0.6 is 0 Å². The smallest absolute Gasteiger partial charge is 0.252 e. The summed E-state index contributed by atoms with van der Waals surface area (Å²) < 4.78 is 27.9. The molecule has 0 unspecified atom stereocenters. The highest BCUT2D eigenvalue weighted by Gasteiger charge is 2.27. The highest BCUT2D eigenvalue weighted by molar-refractivity contribution is 7.89. The summed E-state index contributed by atoms with van der Waals surface area (Å²) in [4.78, 5) is 13.3. The van der Waals surface area contributed by atoms with Crippen molar-refractivity contribution in [3.05, 3.63) is 64.7 Å². The van der Waals surface area contributed by atoms with Gasteiger partial charge in [-0.15, -0.1) is 0 Å². The Morgan fingerprint density at radius 2 is 1.73 bits per heavy atom. The summed E-state index contributed by atoms with van der Waals surface area (Å²) in [5.74, 6) is -0.206. The first kappa shape index (κ1) is 21.1. The normalized spacial score (nSPS) is 20.2. The molecule has 1 saturated heterocycles.